The highest BCUT2D eigenvalue weighted by atomic mass is 19.1. The summed E-state index contributed by atoms with van der Waals surface area (Å²) < 4.78 is 25.5. The number of hydrogen-bond acceptors (Lipinski definition) is 7. The van der Waals surface area contributed by atoms with Crippen LogP contribution in [0.15, 0.2) is 61.1 Å². The fourth-order valence-electron chi connectivity index (χ4n) is 3.41. The summed E-state index contributed by atoms with van der Waals surface area (Å²) in [6.45, 7) is 1.76. The summed E-state index contributed by atoms with van der Waals surface area (Å²) in [5.74, 6) is -0.0895. The molecule has 168 valence electrons. The maximum atomic E-state index is 14.0. The van der Waals surface area contributed by atoms with Gasteiger partial charge in [0.25, 0.3) is 0 Å². The largest absolute Gasteiger partial charge is 0.496 e. The van der Waals surface area contributed by atoms with Crippen molar-refractivity contribution in [2.75, 3.05) is 12.8 Å². The zero-order valence-corrected chi connectivity index (χ0v) is 17.9. The first-order chi connectivity index (χ1) is 15.9. The van der Waals surface area contributed by atoms with Crippen LogP contribution in [0.25, 0.3) is 16.8 Å². The van der Waals surface area contributed by atoms with Gasteiger partial charge < -0.3 is 20.9 Å². The lowest BCUT2D eigenvalue weighted by Gasteiger charge is -2.19. The molecule has 33 heavy (non-hydrogen) atoms. The number of hydrogen-bond donors (Lipinski definition) is 2. The smallest absolute Gasteiger partial charge is 0.248 e. The third-order valence-electron chi connectivity index (χ3n) is 5.04. The molecule has 0 saturated carbocycles. The Morgan fingerprint density at radius 2 is 1.85 bits per heavy atom. The number of nitrogens with two attached hydrogens (primary N) is 2. The number of ether oxygens (including phenoxy) is 2. The Balaban J connectivity index is 1.69. The molecule has 2 heterocycles. The van der Waals surface area contributed by atoms with Crippen LogP contribution in [-0.2, 0) is 0 Å². The number of nitrogens with zero attached hydrogens (tertiary/aromatic N) is 4. The van der Waals surface area contributed by atoms with Gasteiger partial charge in [-0.25, -0.2) is 9.37 Å². The molecule has 1 amide bonds. The summed E-state index contributed by atoms with van der Waals surface area (Å²) in [6.07, 6.45) is 4.01. The number of primary amides is 1. The second kappa shape index (κ2) is 8.95. The van der Waals surface area contributed by atoms with Crippen molar-refractivity contribution in [3.63, 3.8) is 0 Å². The molecule has 0 radical (unpaired) electrons. The summed E-state index contributed by atoms with van der Waals surface area (Å²) in [5, 5.41) is 8.24. The molecule has 10 heteroatoms. The van der Waals surface area contributed by atoms with E-state index in [1.807, 2.05) is 0 Å². The van der Waals surface area contributed by atoms with Crippen LogP contribution in [0.3, 0.4) is 0 Å². The number of amides is 1. The van der Waals surface area contributed by atoms with Gasteiger partial charge in [0.05, 0.1) is 25.2 Å². The Hall–Kier alpha value is -4.47. The molecular weight excluding hydrogens is 427 g/mol. The van der Waals surface area contributed by atoms with Gasteiger partial charge in [0, 0.05) is 28.5 Å². The second-order valence-corrected chi connectivity index (χ2v) is 7.17. The summed E-state index contributed by atoms with van der Waals surface area (Å²) >= 11 is 0. The normalized spacial score (nSPS) is 11.7. The Morgan fingerprint density at radius 1 is 1.09 bits per heavy atom. The molecule has 0 saturated heterocycles. The Morgan fingerprint density at radius 3 is 2.55 bits per heavy atom. The first-order valence-electron chi connectivity index (χ1n) is 9.94. The van der Waals surface area contributed by atoms with E-state index in [4.69, 9.17) is 20.9 Å². The Bertz CT molecular complexity index is 1310. The number of carbonyl (C=O) groups excluding carboxylic acids is 1. The van der Waals surface area contributed by atoms with Gasteiger partial charge in [-0.2, -0.15) is 15.0 Å². The van der Waals surface area contributed by atoms with Crippen LogP contribution in [0.1, 0.15) is 28.9 Å². The van der Waals surface area contributed by atoms with E-state index in [-0.39, 0.29) is 5.82 Å². The third-order valence-corrected chi connectivity index (χ3v) is 5.04. The first-order valence-corrected chi connectivity index (χ1v) is 9.94. The molecule has 9 nitrogen and oxygen atoms in total. The topological polar surface area (TPSA) is 131 Å². The van der Waals surface area contributed by atoms with E-state index in [2.05, 4.69) is 15.2 Å². The Kier molecular flexibility index (Phi) is 5.90. The van der Waals surface area contributed by atoms with Crippen LogP contribution < -0.4 is 20.9 Å². The van der Waals surface area contributed by atoms with Crippen LogP contribution in [0, 0.1) is 5.82 Å². The number of rotatable bonds is 7. The zero-order valence-electron chi connectivity index (χ0n) is 17.9. The van der Waals surface area contributed by atoms with Gasteiger partial charge in [0.2, 0.25) is 5.91 Å². The maximum Gasteiger partial charge on any atom is 0.248 e. The van der Waals surface area contributed by atoms with Crippen LogP contribution in [0.4, 0.5) is 10.2 Å². The standard InChI is InChI=1S/C23H21FN6O3/c1-13(18-11-16(24)4-6-19(18)30-28-7-8-29-30)33-21-10-15(12-27-22(21)25)17-5-3-14(23(26)31)9-20(17)32-2/h3-13H,1-2H3,(H2,25,27)(H2,26,31)/t13-/m1/s1. The molecule has 0 unspecified atom stereocenters. The Labute approximate surface area is 188 Å². The predicted octanol–water partition coefficient (Wildman–Crippen LogP) is 3.30. The van der Waals surface area contributed by atoms with Crippen molar-refractivity contribution >= 4 is 11.7 Å². The van der Waals surface area contributed by atoms with Crippen LogP contribution in [-0.4, -0.2) is 33.0 Å². The molecule has 2 aromatic heterocycles. The molecular formula is C23H21FN6O3. The van der Waals surface area contributed by atoms with Gasteiger partial charge in [-0.3, -0.25) is 4.79 Å². The van der Waals surface area contributed by atoms with Gasteiger partial charge in [-0.1, -0.05) is 0 Å². The van der Waals surface area contributed by atoms with Gasteiger partial charge in [0.1, 0.15) is 17.7 Å². The second-order valence-electron chi connectivity index (χ2n) is 7.17. The van der Waals surface area contributed by atoms with E-state index in [9.17, 15) is 9.18 Å². The number of methoxy groups -OCH3 is 1. The van der Waals surface area contributed by atoms with Crippen LogP contribution in [0.2, 0.25) is 0 Å². The summed E-state index contributed by atoms with van der Waals surface area (Å²) in [4.78, 5) is 17.1. The highest BCUT2D eigenvalue weighted by Crippen LogP contribution is 2.36. The molecule has 1 atom stereocenters. The van der Waals surface area contributed by atoms with Crippen molar-refractivity contribution < 1.29 is 18.7 Å². The fourth-order valence-corrected chi connectivity index (χ4v) is 3.41. The van der Waals surface area contributed by atoms with Gasteiger partial charge in [-0.05, 0) is 49.4 Å². The molecule has 4 rings (SSSR count). The minimum absolute atomic E-state index is 0.161. The molecule has 0 aliphatic carbocycles. The predicted molar refractivity (Wildman–Crippen MR) is 120 cm³/mol. The van der Waals surface area contributed by atoms with Crippen LogP contribution in [0.5, 0.6) is 11.5 Å². The summed E-state index contributed by atoms with van der Waals surface area (Å²) in [5.41, 5.74) is 14.1. The van der Waals surface area contributed by atoms with Crippen molar-refractivity contribution in [2.45, 2.75) is 13.0 Å². The van der Waals surface area contributed by atoms with Gasteiger partial charge in [-0.15, -0.1) is 0 Å². The van der Waals surface area contributed by atoms with Crippen molar-refractivity contribution in [1.29, 1.82) is 0 Å². The third kappa shape index (κ3) is 4.45. The van der Waals surface area contributed by atoms with Gasteiger partial charge >= 0.3 is 0 Å². The lowest BCUT2D eigenvalue weighted by Crippen LogP contribution is -2.12. The monoisotopic (exact) mass is 448 g/mol. The highest BCUT2D eigenvalue weighted by Gasteiger charge is 2.19. The van der Waals surface area contributed by atoms with Crippen molar-refractivity contribution in [2.24, 2.45) is 5.73 Å². The highest BCUT2D eigenvalue weighted by molar-refractivity contribution is 5.94. The lowest BCUT2D eigenvalue weighted by atomic mass is 10.0. The summed E-state index contributed by atoms with van der Waals surface area (Å²) in [7, 11) is 1.49. The number of carbonyl (C=O) groups is 1. The molecule has 4 aromatic rings. The van der Waals surface area contributed by atoms with Crippen molar-refractivity contribution in [1.82, 2.24) is 20.0 Å². The molecule has 2 aromatic carbocycles. The number of pyridine rings is 1. The van der Waals surface area contributed by atoms with Crippen LogP contribution >= 0.6 is 0 Å². The molecule has 0 aliphatic rings. The number of nitrogen functional groups attached to an aromatic ring is 1. The molecule has 0 bridgehead atoms. The fraction of sp³-hybridized carbons (Fsp3) is 0.130. The van der Waals surface area contributed by atoms with Gasteiger partial charge in [0.15, 0.2) is 11.6 Å². The minimum Gasteiger partial charge on any atom is -0.496 e. The van der Waals surface area contributed by atoms with Crippen molar-refractivity contribution in [3.05, 3.63) is 78.0 Å². The zero-order chi connectivity index (χ0) is 23.5. The molecule has 0 aliphatic heterocycles. The average Bonchev–Trinajstić information content (AvgIpc) is 3.34. The molecule has 0 spiro atoms. The first kappa shape index (κ1) is 21.8. The average molecular weight is 448 g/mol. The SMILES string of the molecule is COc1cc(C(N)=O)ccc1-c1cnc(N)c(O[C@H](C)c2cc(F)ccc2-n2nccn2)c1. The molecule has 4 N–H and O–H groups in total. The van der Waals surface area contributed by atoms with E-state index in [1.54, 1.807) is 43.5 Å². The lowest BCUT2D eigenvalue weighted by molar-refractivity contribution is 0.1000. The summed E-state index contributed by atoms with van der Waals surface area (Å²) in [6, 6.07) is 10.8. The van der Waals surface area contributed by atoms with E-state index in [1.165, 1.54) is 36.4 Å². The maximum absolute atomic E-state index is 14.0. The van der Waals surface area contributed by atoms with Crippen molar-refractivity contribution in [3.8, 4) is 28.3 Å². The quantitative estimate of drug-likeness (QED) is 0.443. The van der Waals surface area contributed by atoms with E-state index < -0.39 is 17.8 Å². The minimum atomic E-state index is -0.611. The van der Waals surface area contributed by atoms with E-state index in [0.29, 0.717) is 39.4 Å². The molecule has 0 fully saturated rings. The number of benzene rings is 2. The van der Waals surface area contributed by atoms with E-state index in [0.717, 1.165) is 0 Å². The number of aromatic nitrogens is 4. The number of halogens is 1. The number of anilines is 1. The van der Waals surface area contributed by atoms with E-state index >= 15 is 0 Å².